The molecule has 1 heterocycles. The Morgan fingerprint density at radius 1 is 0.909 bits per heavy atom. The first-order chi connectivity index (χ1) is 10.4. The van der Waals surface area contributed by atoms with Crippen LogP contribution in [0.15, 0.2) is 54.6 Å². The fourth-order valence-corrected chi connectivity index (χ4v) is 3.06. The van der Waals surface area contributed by atoms with Crippen LogP contribution in [0.4, 0.5) is 13.2 Å². The molecule has 0 aromatic heterocycles. The van der Waals surface area contributed by atoms with E-state index >= 15 is 0 Å². The summed E-state index contributed by atoms with van der Waals surface area (Å²) in [7, 11) is 0. The topological polar surface area (TPSA) is 3.24 Å². The highest BCUT2D eigenvalue weighted by Gasteiger charge is 2.33. The van der Waals surface area contributed by atoms with E-state index in [1.54, 1.807) is 12.1 Å². The molecule has 0 spiro atoms. The van der Waals surface area contributed by atoms with Gasteiger partial charge in [0.05, 0.1) is 11.6 Å². The summed E-state index contributed by atoms with van der Waals surface area (Å²) in [5.74, 6) is 0.640. The number of hydrogen-bond acceptors (Lipinski definition) is 1. The summed E-state index contributed by atoms with van der Waals surface area (Å²) in [6, 6.07) is 15.5. The lowest BCUT2D eigenvalue weighted by Gasteiger charge is -2.43. The van der Waals surface area contributed by atoms with Crippen LogP contribution in [0.5, 0.6) is 0 Å². The van der Waals surface area contributed by atoms with Crippen molar-refractivity contribution in [2.45, 2.75) is 19.1 Å². The second-order valence-corrected chi connectivity index (χ2v) is 5.99. The van der Waals surface area contributed by atoms with Gasteiger partial charge in [0, 0.05) is 13.1 Å². The first kappa shape index (κ1) is 15.1. The number of halogens is 3. The summed E-state index contributed by atoms with van der Waals surface area (Å²) in [5.41, 5.74) is 1.43. The molecule has 2 aromatic carbocycles. The molecule has 1 atom stereocenters. The molecule has 0 N–H and O–H groups in total. The van der Waals surface area contributed by atoms with Crippen LogP contribution in [0.3, 0.4) is 0 Å². The predicted octanol–water partition coefficient (Wildman–Crippen LogP) is 4.75. The minimum Gasteiger partial charge on any atom is -0.292 e. The highest BCUT2D eigenvalue weighted by molar-refractivity contribution is 5.35. The van der Waals surface area contributed by atoms with Gasteiger partial charge in [-0.05, 0) is 29.2 Å². The number of rotatable bonds is 3. The van der Waals surface area contributed by atoms with Crippen LogP contribution in [0.25, 0.3) is 0 Å². The van der Waals surface area contributed by atoms with Crippen molar-refractivity contribution in [3.8, 4) is 0 Å². The summed E-state index contributed by atoms with van der Waals surface area (Å²) in [6.07, 6.45) is -4.29. The van der Waals surface area contributed by atoms with E-state index in [2.05, 4.69) is 11.8 Å². The Labute approximate surface area is 128 Å². The van der Waals surface area contributed by atoms with Crippen LogP contribution in [0.2, 0.25) is 0 Å². The zero-order chi connectivity index (χ0) is 15.7. The maximum absolute atomic E-state index is 12.7. The molecular formula is C18H18F3N. The average Bonchev–Trinajstić information content (AvgIpc) is 2.46. The van der Waals surface area contributed by atoms with Crippen LogP contribution < -0.4 is 0 Å². The molecule has 0 bridgehead atoms. The van der Waals surface area contributed by atoms with Crippen molar-refractivity contribution in [2.24, 2.45) is 5.92 Å². The van der Waals surface area contributed by atoms with Crippen LogP contribution in [0.1, 0.15) is 29.7 Å². The van der Waals surface area contributed by atoms with E-state index in [0.717, 1.165) is 24.2 Å². The van der Waals surface area contributed by atoms with Crippen LogP contribution in [-0.4, -0.2) is 18.0 Å². The second kappa shape index (κ2) is 5.76. The van der Waals surface area contributed by atoms with E-state index in [4.69, 9.17) is 0 Å². The largest absolute Gasteiger partial charge is 0.416 e. The Morgan fingerprint density at radius 3 is 1.95 bits per heavy atom. The Kier molecular flexibility index (Phi) is 3.96. The van der Waals surface area contributed by atoms with Gasteiger partial charge in [-0.1, -0.05) is 49.4 Å². The molecule has 0 aliphatic carbocycles. The van der Waals surface area contributed by atoms with Gasteiger partial charge >= 0.3 is 6.18 Å². The lowest BCUT2D eigenvalue weighted by atomic mass is 9.91. The Morgan fingerprint density at radius 2 is 1.45 bits per heavy atom. The molecule has 1 aliphatic heterocycles. The van der Waals surface area contributed by atoms with Gasteiger partial charge in [-0.3, -0.25) is 4.90 Å². The molecular weight excluding hydrogens is 287 g/mol. The number of benzene rings is 2. The normalized spacial score (nSPS) is 18.0. The maximum atomic E-state index is 12.7. The molecule has 1 fully saturated rings. The van der Waals surface area contributed by atoms with E-state index in [1.807, 2.05) is 30.3 Å². The van der Waals surface area contributed by atoms with Crippen LogP contribution in [0, 0.1) is 5.92 Å². The highest BCUT2D eigenvalue weighted by atomic mass is 19.4. The number of nitrogens with zero attached hydrogens (tertiary/aromatic N) is 1. The molecule has 0 saturated carbocycles. The van der Waals surface area contributed by atoms with Crippen LogP contribution in [-0.2, 0) is 6.18 Å². The van der Waals surface area contributed by atoms with Crippen molar-refractivity contribution < 1.29 is 13.2 Å². The summed E-state index contributed by atoms with van der Waals surface area (Å²) < 4.78 is 38.2. The molecule has 22 heavy (non-hydrogen) atoms. The van der Waals surface area contributed by atoms with E-state index in [9.17, 15) is 13.2 Å². The third-order valence-corrected chi connectivity index (χ3v) is 4.13. The van der Waals surface area contributed by atoms with Crippen molar-refractivity contribution in [2.75, 3.05) is 13.1 Å². The van der Waals surface area contributed by atoms with E-state index < -0.39 is 11.7 Å². The highest BCUT2D eigenvalue weighted by Crippen LogP contribution is 2.36. The van der Waals surface area contributed by atoms with Crippen molar-refractivity contribution in [1.82, 2.24) is 4.90 Å². The van der Waals surface area contributed by atoms with Gasteiger partial charge in [-0.25, -0.2) is 0 Å². The second-order valence-electron chi connectivity index (χ2n) is 5.99. The van der Waals surface area contributed by atoms with Gasteiger partial charge in [-0.2, -0.15) is 13.2 Å². The van der Waals surface area contributed by atoms with Gasteiger partial charge in [-0.15, -0.1) is 0 Å². The summed E-state index contributed by atoms with van der Waals surface area (Å²) >= 11 is 0. The van der Waals surface area contributed by atoms with Crippen molar-refractivity contribution in [3.63, 3.8) is 0 Å². The molecule has 1 nitrogen and oxygen atoms in total. The number of alkyl halides is 3. The Balaban J connectivity index is 1.92. The molecule has 0 amide bonds. The number of likely N-dealkylation sites (tertiary alicyclic amines) is 1. The van der Waals surface area contributed by atoms with Gasteiger partial charge in [0.1, 0.15) is 0 Å². The van der Waals surface area contributed by atoms with Crippen molar-refractivity contribution in [3.05, 3.63) is 71.3 Å². The van der Waals surface area contributed by atoms with Gasteiger partial charge < -0.3 is 0 Å². The van der Waals surface area contributed by atoms with E-state index in [-0.39, 0.29) is 6.04 Å². The predicted molar refractivity (Wildman–Crippen MR) is 80.5 cm³/mol. The molecule has 1 saturated heterocycles. The molecule has 4 heteroatoms. The molecule has 3 rings (SSSR count). The maximum Gasteiger partial charge on any atom is 0.416 e. The lowest BCUT2D eigenvalue weighted by Crippen LogP contribution is -2.47. The minimum atomic E-state index is -4.29. The fourth-order valence-electron chi connectivity index (χ4n) is 3.06. The quantitative estimate of drug-likeness (QED) is 0.791. The first-order valence-electron chi connectivity index (χ1n) is 7.41. The summed E-state index contributed by atoms with van der Waals surface area (Å²) in [4.78, 5) is 2.31. The summed E-state index contributed by atoms with van der Waals surface area (Å²) in [5, 5.41) is 0. The smallest absolute Gasteiger partial charge is 0.292 e. The van der Waals surface area contributed by atoms with Crippen LogP contribution >= 0.6 is 0 Å². The Bertz CT molecular complexity index is 613. The first-order valence-corrected chi connectivity index (χ1v) is 7.41. The minimum absolute atomic E-state index is 0.0275. The monoisotopic (exact) mass is 305 g/mol. The molecule has 116 valence electrons. The SMILES string of the molecule is CC1CN(C(c2ccccc2)c2ccc(C(F)(F)F)cc2)C1. The molecule has 0 radical (unpaired) electrons. The molecule has 1 aliphatic rings. The Hall–Kier alpha value is -1.81. The lowest BCUT2D eigenvalue weighted by molar-refractivity contribution is -0.137. The average molecular weight is 305 g/mol. The summed E-state index contributed by atoms with van der Waals surface area (Å²) in [6.45, 7) is 4.13. The third kappa shape index (κ3) is 3.02. The zero-order valence-corrected chi connectivity index (χ0v) is 12.3. The van der Waals surface area contributed by atoms with Gasteiger partial charge in [0.2, 0.25) is 0 Å². The van der Waals surface area contributed by atoms with E-state index in [1.165, 1.54) is 12.1 Å². The van der Waals surface area contributed by atoms with E-state index in [0.29, 0.717) is 5.92 Å². The van der Waals surface area contributed by atoms with Gasteiger partial charge in [0.25, 0.3) is 0 Å². The van der Waals surface area contributed by atoms with Crippen molar-refractivity contribution >= 4 is 0 Å². The fraction of sp³-hybridized carbons (Fsp3) is 0.333. The zero-order valence-electron chi connectivity index (χ0n) is 12.3. The third-order valence-electron chi connectivity index (χ3n) is 4.13. The standard InChI is InChI=1S/C18H18F3N/c1-13-11-22(12-13)17(14-5-3-2-4-6-14)15-7-9-16(10-8-15)18(19,20)21/h2-10,13,17H,11-12H2,1H3. The molecule has 1 unspecified atom stereocenters. The molecule has 2 aromatic rings. The number of hydrogen-bond donors (Lipinski definition) is 0. The van der Waals surface area contributed by atoms with Crippen molar-refractivity contribution in [1.29, 1.82) is 0 Å². The van der Waals surface area contributed by atoms with Gasteiger partial charge in [0.15, 0.2) is 0 Å².